The van der Waals surface area contributed by atoms with Crippen molar-refractivity contribution in [3.8, 4) is 5.69 Å². The predicted molar refractivity (Wildman–Crippen MR) is 100 cm³/mol. The normalized spacial score (nSPS) is 11.2. The molecule has 1 aromatic heterocycles. The first-order chi connectivity index (χ1) is 12.4. The third-order valence-electron chi connectivity index (χ3n) is 3.70. The Morgan fingerprint density at radius 2 is 1.88 bits per heavy atom. The maximum atomic E-state index is 10.9. The third kappa shape index (κ3) is 3.58. The van der Waals surface area contributed by atoms with E-state index in [4.69, 9.17) is 23.2 Å². The molecule has 0 bridgehead atoms. The highest BCUT2D eigenvalue weighted by Crippen LogP contribution is 2.31. The molecule has 0 saturated heterocycles. The lowest BCUT2D eigenvalue weighted by atomic mass is 10.3. The van der Waals surface area contributed by atoms with E-state index in [1.165, 1.54) is 12.1 Å². The molecule has 3 rings (SSSR count). The summed E-state index contributed by atoms with van der Waals surface area (Å²) in [6, 6.07) is 11.1. The number of rotatable bonds is 4. The lowest BCUT2D eigenvalue weighted by Gasteiger charge is -2.07. The Labute approximate surface area is 159 Å². The van der Waals surface area contributed by atoms with E-state index in [1.807, 2.05) is 6.92 Å². The van der Waals surface area contributed by atoms with Crippen LogP contribution >= 0.6 is 23.2 Å². The number of aromatic nitrogens is 2. The van der Waals surface area contributed by atoms with Gasteiger partial charge in [0.2, 0.25) is 0 Å². The van der Waals surface area contributed by atoms with Crippen molar-refractivity contribution >= 4 is 40.3 Å². The number of azo groups is 1. The van der Waals surface area contributed by atoms with Crippen molar-refractivity contribution in [3.63, 3.8) is 0 Å². The van der Waals surface area contributed by atoms with Crippen LogP contribution in [0.3, 0.4) is 0 Å². The van der Waals surface area contributed by atoms with Gasteiger partial charge in [-0.3, -0.25) is 10.1 Å². The lowest BCUT2D eigenvalue weighted by molar-refractivity contribution is -0.384. The summed E-state index contributed by atoms with van der Waals surface area (Å²) in [5.41, 5.74) is 2.90. The number of nitrogens with zero attached hydrogens (tertiary/aromatic N) is 5. The van der Waals surface area contributed by atoms with Crippen molar-refractivity contribution in [2.75, 3.05) is 0 Å². The maximum absolute atomic E-state index is 10.9. The predicted octanol–water partition coefficient (Wildman–Crippen LogP) is 6.12. The van der Waals surface area contributed by atoms with E-state index < -0.39 is 4.92 Å². The quantitative estimate of drug-likeness (QED) is 0.306. The molecule has 26 heavy (non-hydrogen) atoms. The Hall–Kier alpha value is -2.77. The van der Waals surface area contributed by atoms with Crippen molar-refractivity contribution < 1.29 is 4.92 Å². The fraction of sp³-hybridized carbons (Fsp3) is 0.118. The largest absolute Gasteiger partial charge is 0.271 e. The molecule has 0 aliphatic heterocycles. The van der Waals surface area contributed by atoms with Gasteiger partial charge in [0.05, 0.1) is 32.7 Å². The summed E-state index contributed by atoms with van der Waals surface area (Å²) in [5.74, 6) is 0. The highest BCUT2D eigenvalue weighted by molar-refractivity contribution is 6.34. The molecule has 9 heteroatoms. The standard InChI is InChI=1S/C17H13Cl2N5O2/c1-10-17(21-20-13-4-3-5-14(9-13)24(25)26)11(2)23(22-10)16-8-12(18)6-7-15(16)19/h3-9H,1-2H3. The van der Waals surface area contributed by atoms with Crippen LogP contribution in [0.4, 0.5) is 17.1 Å². The van der Waals surface area contributed by atoms with Crippen LogP contribution < -0.4 is 0 Å². The highest BCUT2D eigenvalue weighted by atomic mass is 35.5. The first-order valence-electron chi connectivity index (χ1n) is 7.54. The fourth-order valence-electron chi connectivity index (χ4n) is 2.44. The number of hydrogen-bond acceptors (Lipinski definition) is 5. The smallest absolute Gasteiger partial charge is 0.258 e. The topological polar surface area (TPSA) is 85.7 Å². The van der Waals surface area contributed by atoms with E-state index in [0.29, 0.717) is 32.8 Å². The van der Waals surface area contributed by atoms with Gasteiger partial charge in [0.1, 0.15) is 5.69 Å². The molecule has 0 aliphatic carbocycles. The maximum Gasteiger partial charge on any atom is 0.271 e. The minimum Gasteiger partial charge on any atom is -0.258 e. The van der Waals surface area contributed by atoms with Crippen LogP contribution in [0.5, 0.6) is 0 Å². The minimum atomic E-state index is -0.477. The molecule has 0 fully saturated rings. The summed E-state index contributed by atoms with van der Waals surface area (Å²) in [7, 11) is 0. The molecule has 132 valence electrons. The Kier molecular flexibility index (Phi) is 5.01. The van der Waals surface area contributed by atoms with Crippen LogP contribution in [-0.4, -0.2) is 14.7 Å². The van der Waals surface area contributed by atoms with Gasteiger partial charge in [-0.25, -0.2) is 4.68 Å². The molecule has 0 saturated carbocycles. The van der Waals surface area contributed by atoms with Gasteiger partial charge in [-0.1, -0.05) is 29.3 Å². The average Bonchev–Trinajstić information content (AvgIpc) is 2.89. The summed E-state index contributed by atoms with van der Waals surface area (Å²) in [6.45, 7) is 3.63. The second-order valence-electron chi connectivity index (χ2n) is 5.50. The molecule has 0 radical (unpaired) electrons. The van der Waals surface area contributed by atoms with Gasteiger partial charge in [-0.15, -0.1) is 5.11 Å². The van der Waals surface area contributed by atoms with E-state index in [0.717, 1.165) is 5.69 Å². The second kappa shape index (κ2) is 7.23. The number of nitro benzene ring substituents is 1. The van der Waals surface area contributed by atoms with E-state index in [9.17, 15) is 10.1 Å². The molecule has 0 amide bonds. The number of benzene rings is 2. The Balaban J connectivity index is 2.00. The van der Waals surface area contributed by atoms with Crippen molar-refractivity contribution in [3.05, 3.63) is 74.0 Å². The first-order valence-corrected chi connectivity index (χ1v) is 8.30. The summed E-state index contributed by atoms with van der Waals surface area (Å²) in [4.78, 5) is 10.4. The summed E-state index contributed by atoms with van der Waals surface area (Å²) < 4.78 is 1.64. The zero-order valence-corrected chi connectivity index (χ0v) is 15.4. The molecular formula is C17H13Cl2N5O2. The van der Waals surface area contributed by atoms with Gasteiger partial charge in [-0.2, -0.15) is 10.2 Å². The van der Waals surface area contributed by atoms with E-state index in [1.54, 1.807) is 41.9 Å². The molecule has 7 nitrogen and oxygen atoms in total. The van der Waals surface area contributed by atoms with E-state index in [2.05, 4.69) is 15.3 Å². The van der Waals surface area contributed by atoms with E-state index >= 15 is 0 Å². The minimum absolute atomic E-state index is 0.0451. The molecule has 3 aromatic rings. The van der Waals surface area contributed by atoms with Gasteiger partial charge < -0.3 is 0 Å². The fourth-order valence-corrected chi connectivity index (χ4v) is 2.80. The Bertz CT molecular complexity index is 1030. The van der Waals surface area contributed by atoms with Crippen LogP contribution in [0.25, 0.3) is 5.69 Å². The molecule has 1 heterocycles. The molecule has 0 aliphatic rings. The zero-order chi connectivity index (χ0) is 18.8. The second-order valence-corrected chi connectivity index (χ2v) is 6.35. The van der Waals surface area contributed by atoms with Gasteiger partial charge in [0, 0.05) is 17.2 Å². The van der Waals surface area contributed by atoms with Crippen LogP contribution in [0, 0.1) is 24.0 Å². The average molecular weight is 390 g/mol. The van der Waals surface area contributed by atoms with Crippen LogP contribution in [0.2, 0.25) is 10.0 Å². The highest BCUT2D eigenvalue weighted by Gasteiger charge is 2.15. The molecule has 0 atom stereocenters. The number of hydrogen-bond donors (Lipinski definition) is 0. The zero-order valence-electron chi connectivity index (χ0n) is 13.8. The summed E-state index contributed by atoms with van der Waals surface area (Å²) in [6.07, 6.45) is 0. The number of non-ortho nitro benzene ring substituents is 1. The SMILES string of the molecule is Cc1nn(-c2cc(Cl)ccc2Cl)c(C)c1N=Nc1cccc([N+](=O)[O-])c1. The van der Waals surface area contributed by atoms with E-state index in [-0.39, 0.29) is 5.69 Å². The van der Waals surface area contributed by atoms with Gasteiger partial charge in [-0.05, 0) is 38.1 Å². The molecule has 0 unspecified atom stereocenters. The monoisotopic (exact) mass is 389 g/mol. The van der Waals surface area contributed by atoms with Crippen LogP contribution in [0.1, 0.15) is 11.4 Å². The number of aryl methyl sites for hydroxylation is 1. The molecule has 0 spiro atoms. The summed E-state index contributed by atoms with van der Waals surface area (Å²) >= 11 is 12.3. The first kappa shape index (κ1) is 18.0. The van der Waals surface area contributed by atoms with Crippen LogP contribution in [0.15, 0.2) is 52.7 Å². The number of halogens is 2. The molecule has 0 N–H and O–H groups in total. The van der Waals surface area contributed by atoms with Crippen molar-refractivity contribution in [2.45, 2.75) is 13.8 Å². The van der Waals surface area contributed by atoms with Crippen LogP contribution in [-0.2, 0) is 0 Å². The Morgan fingerprint density at radius 1 is 1.12 bits per heavy atom. The third-order valence-corrected chi connectivity index (χ3v) is 4.25. The van der Waals surface area contributed by atoms with Crippen molar-refractivity contribution in [2.24, 2.45) is 10.2 Å². The number of nitro groups is 1. The van der Waals surface area contributed by atoms with Crippen molar-refractivity contribution in [1.82, 2.24) is 9.78 Å². The van der Waals surface area contributed by atoms with Gasteiger partial charge in [0.15, 0.2) is 0 Å². The summed E-state index contributed by atoms with van der Waals surface area (Å²) in [5, 5.41) is 24.7. The van der Waals surface area contributed by atoms with Gasteiger partial charge in [0.25, 0.3) is 5.69 Å². The Morgan fingerprint density at radius 3 is 2.62 bits per heavy atom. The van der Waals surface area contributed by atoms with Crippen molar-refractivity contribution in [1.29, 1.82) is 0 Å². The van der Waals surface area contributed by atoms with Gasteiger partial charge >= 0.3 is 0 Å². The molecule has 2 aromatic carbocycles. The lowest BCUT2D eigenvalue weighted by Crippen LogP contribution is -1.99. The molecular weight excluding hydrogens is 377 g/mol.